The minimum absolute atomic E-state index is 0.468. The maximum absolute atomic E-state index is 10.8. The van der Waals surface area contributed by atoms with Gasteiger partial charge in [0.25, 0.3) is 0 Å². The van der Waals surface area contributed by atoms with E-state index in [1.165, 1.54) is 12.1 Å². The van der Waals surface area contributed by atoms with Gasteiger partial charge >= 0.3 is 0 Å². The maximum Gasteiger partial charge on any atom is 0.0665 e. The molecule has 0 aromatic heterocycles. The normalized spacial score (nSPS) is 39.8. The largest absolute Gasteiger partial charge is 0.312 e. The third-order valence-electron chi connectivity index (χ3n) is 2.34. The summed E-state index contributed by atoms with van der Waals surface area (Å²) in [4.78, 5) is 0. The molecule has 0 unspecified atom stereocenters. The van der Waals surface area contributed by atoms with E-state index in [0.29, 0.717) is 0 Å². The minimum Gasteiger partial charge on any atom is -0.312 e. The molecule has 0 fully saturated rings. The maximum atomic E-state index is 10.8. The van der Waals surface area contributed by atoms with Crippen molar-refractivity contribution in [2.24, 2.45) is 0 Å². The van der Waals surface area contributed by atoms with Gasteiger partial charge in [0, 0.05) is 16.4 Å². The van der Waals surface area contributed by atoms with Crippen molar-refractivity contribution >= 4 is 0 Å². The van der Waals surface area contributed by atoms with Crippen LogP contribution in [0, 0.1) is 0 Å². The Balaban J connectivity index is 3.14. The smallest absolute Gasteiger partial charge is 0.0665 e. The van der Waals surface area contributed by atoms with Crippen LogP contribution in [0.25, 0.3) is 0 Å². The standard InChI is InChI=1S/C12H17NO/c1-11(2)9-7-5-6-8-10(9)12(3,4)13(11)14/h5-8,14H,1-4H3/i1D3,2D3,3D3,4D3. The molecule has 14 heavy (non-hydrogen) atoms. The fraction of sp³-hybridized carbons (Fsp3) is 0.500. The van der Waals surface area contributed by atoms with Gasteiger partial charge in [0.2, 0.25) is 0 Å². The van der Waals surface area contributed by atoms with E-state index in [4.69, 9.17) is 16.4 Å². The molecule has 1 aromatic carbocycles. The summed E-state index contributed by atoms with van der Waals surface area (Å²) < 4.78 is 93.4. The number of hydrogen-bond donors (Lipinski definition) is 1. The fourth-order valence-corrected chi connectivity index (χ4v) is 1.59. The molecule has 2 heteroatoms. The number of benzene rings is 1. The Labute approximate surface area is 102 Å². The van der Waals surface area contributed by atoms with Gasteiger partial charge < -0.3 is 5.21 Å². The quantitative estimate of drug-likeness (QED) is 0.701. The molecule has 0 saturated carbocycles. The second kappa shape index (κ2) is 2.59. The SMILES string of the molecule is [2H]C([2H])([2H])C1(C([2H])([2H])[2H])c2ccccc2C(C([2H])([2H])[2H])(C([2H])([2H])[2H])N1O. The van der Waals surface area contributed by atoms with Gasteiger partial charge in [-0.25, -0.2) is 0 Å². The van der Waals surface area contributed by atoms with Crippen LogP contribution >= 0.6 is 0 Å². The average molecular weight is 203 g/mol. The van der Waals surface area contributed by atoms with Crippen LogP contribution in [0.4, 0.5) is 0 Å². The van der Waals surface area contributed by atoms with Crippen molar-refractivity contribution in [3.8, 4) is 0 Å². The van der Waals surface area contributed by atoms with Crippen molar-refractivity contribution in [3.05, 3.63) is 35.4 Å². The van der Waals surface area contributed by atoms with Crippen LogP contribution in [-0.4, -0.2) is 10.3 Å². The van der Waals surface area contributed by atoms with E-state index in [9.17, 15) is 5.21 Å². The van der Waals surface area contributed by atoms with Gasteiger partial charge in [-0.3, -0.25) is 0 Å². The molecule has 0 saturated heterocycles. The lowest BCUT2D eigenvalue weighted by molar-refractivity contribution is -0.216. The fourth-order valence-electron chi connectivity index (χ4n) is 1.59. The van der Waals surface area contributed by atoms with Crippen LogP contribution in [0.5, 0.6) is 0 Å². The molecule has 1 heterocycles. The Morgan fingerprint density at radius 1 is 1.07 bits per heavy atom. The first-order valence-electron chi connectivity index (χ1n) is 9.97. The first kappa shape index (κ1) is 2.83. The van der Waals surface area contributed by atoms with Crippen LogP contribution in [0.3, 0.4) is 0 Å². The van der Waals surface area contributed by atoms with E-state index in [-0.39, 0.29) is 0 Å². The molecule has 0 aliphatic carbocycles. The van der Waals surface area contributed by atoms with E-state index in [1.807, 2.05) is 0 Å². The summed E-state index contributed by atoms with van der Waals surface area (Å²) in [5.74, 6) is 0. The van der Waals surface area contributed by atoms with Crippen LogP contribution in [0.1, 0.15) is 55.0 Å². The van der Waals surface area contributed by atoms with Crippen molar-refractivity contribution in [1.29, 1.82) is 0 Å². The van der Waals surface area contributed by atoms with Gasteiger partial charge in [-0.1, -0.05) is 24.3 Å². The lowest BCUT2D eigenvalue weighted by Crippen LogP contribution is -2.42. The first-order valence-corrected chi connectivity index (χ1v) is 3.97. The van der Waals surface area contributed by atoms with E-state index in [1.54, 1.807) is 0 Å². The zero-order valence-corrected chi connectivity index (χ0v) is 7.20. The predicted molar refractivity (Wildman–Crippen MR) is 56.1 cm³/mol. The molecular weight excluding hydrogens is 174 g/mol. The molecule has 1 aliphatic heterocycles. The van der Waals surface area contributed by atoms with Crippen LogP contribution in [-0.2, 0) is 11.1 Å². The van der Waals surface area contributed by atoms with E-state index < -0.39 is 54.7 Å². The lowest BCUT2D eigenvalue weighted by Gasteiger charge is -2.34. The van der Waals surface area contributed by atoms with Gasteiger partial charge in [-0.05, 0) is 38.5 Å². The number of rotatable bonds is 0. The Morgan fingerprint density at radius 3 is 1.86 bits per heavy atom. The zero-order chi connectivity index (χ0) is 20.6. The van der Waals surface area contributed by atoms with Crippen molar-refractivity contribution < 1.29 is 21.7 Å². The molecule has 1 aromatic rings. The molecule has 2 rings (SSSR count). The molecule has 76 valence electrons. The van der Waals surface area contributed by atoms with Gasteiger partial charge in [-0.2, -0.15) is 5.06 Å². The summed E-state index contributed by atoms with van der Waals surface area (Å²) in [7, 11) is 0. The van der Waals surface area contributed by atoms with Gasteiger partial charge in [0.05, 0.1) is 11.1 Å². The number of hydroxylamine groups is 2. The first-order chi connectivity index (χ1) is 11.4. The van der Waals surface area contributed by atoms with Crippen molar-refractivity contribution in [2.45, 2.75) is 38.5 Å². The van der Waals surface area contributed by atoms with E-state index in [2.05, 4.69) is 0 Å². The van der Waals surface area contributed by atoms with Crippen molar-refractivity contribution in [2.75, 3.05) is 0 Å². The lowest BCUT2D eigenvalue weighted by atomic mass is 9.91. The summed E-state index contributed by atoms with van der Waals surface area (Å²) in [6.45, 7) is -13.9. The Hall–Kier alpha value is -0.860. The van der Waals surface area contributed by atoms with Crippen LogP contribution in [0.2, 0.25) is 0 Å². The number of nitrogens with zero attached hydrogens (tertiary/aromatic N) is 1. The minimum atomic E-state index is -3.47. The summed E-state index contributed by atoms with van der Waals surface area (Å²) in [6.07, 6.45) is 0. The highest BCUT2D eigenvalue weighted by molar-refractivity contribution is 5.42. The van der Waals surface area contributed by atoms with E-state index >= 15 is 0 Å². The van der Waals surface area contributed by atoms with Crippen molar-refractivity contribution in [1.82, 2.24) is 5.06 Å². The number of hydrogen-bond acceptors (Lipinski definition) is 2. The monoisotopic (exact) mass is 203 g/mol. The molecule has 2 nitrogen and oxygen atoms in total. The summed E-state index contributed by atoms with van der Waals surface area (Å²) in [6, 6.07) is 4.56. The third-order valence-corrected chi connectivity index (χ3v) is 2.34. The summed E-state index contributed by atoms with van der Waals surface area (Å²) in [5.41, 5.74) is -7.59. The third kappa shape index (κ3) is 0.983. The summed E-state index contributed by atoms with van der Waals surface area (Å²) in [5, 5.41) is 10.3. The average Bonchev–Trinajstić information content (AvgIpc) is 2.61. The van der Waals surface area contributed by atoms with Gasteiger partial charge in [0.15, 0.2) is 0 Å². The van der Waals surface area contributed by atoms with Crippen LogP contribution in [0.15, 0.2) is 24.3 Å². The van der Waals surface area contributed by atoms with Crippen LogP contribution < -0.4 is 0 Å². The predicted octanol–water partition coefficient (Wildman–Crippen LogP) is 2.86. The molecular formula is C12H17NO. The van der Waals surface area contributed by atoms with E-state index in [0.717, 1.165) is 12.1 Å². The number of fused-ring (bicyclic) bond motifs is 1. The second-order valence-electron chi connectivity index (χ2n) is 3.28. The highest BCUT2D eigenvalue weighted by atomic mass is 16.5. The molecule has 0 radical (unpaired) electrons. The molecule has 0 bridgehead atoms. The Bertz CT molecular complexity index is 611. The highest BCUT2D eigenvalue weighted by Gasteiger charge is 2.48. The molecule has 0 spiro atoms. The summed E-state index contributed by atoms with van der Waals surface area (Å²) >= 11 is 0. The molecule has 1 aliphatic rings. The molecule has 1 N–H and O–H groups in total. The molecule has 0 atom stereocenters. The zero-order valence-electron chi connectivity index (χ0n) is 19.2. The highest BCUT2D eigenvalue weighted by Crippen LogP contribution is 2.47. The van der Waals surface area contributed by atoms with Gasteiger partial charge in [-0.15, -0.1) is 0 Å². The van der Waals surface area contributed by atoms with Gasteiger partial charge in [0.1, 0.15) is 0 Å². The van der Waals surface area contributed by atoms with Crippen molar-refractivity contribution in [3.63, 3.8) is 0 Å². The topological polar surface area (TPSA) is 23.5 Å². The second-order valence-corrected chi connectivity index (χ2v) is 3.28. The Morgan fingerprint density at radius 2 is 1.50 bits per heavy atom. The molecule has 0 amide bonds. The Kier molecular flexibility index (Phi) is 0.523.